The zero-order valence-electron chi connectivity index (χ0n) is 40.2. The number of hydrogen-bond acceptors (Lipinski definition) is 34. The molecule has 35 heteroatoms. The molecule has 21 heterocycles. The molecule has 21 aliphatic heterocycles. The fraction of sp³-hybridized carbons (Fsp3) is 1.00. The first kappa shape index (κ1) is 61.6. The summed E-state index contributed by atoms with van der Waals surface area (Å²) < 4.78 is 93.8. The number of aliphatic hydroxyl groups is 20. The van der Waals surface area contributed by atoms with Crippen molar-refractivity contribution >= 4 is 0 Å². The van der Waals surface area contributed by atoms with Gasteiger partial charge in [0.1, 0.15) is 178 Å². The Kier molecular flexibility index (Phi) is 20.8. The molecule has 0 aromatic carbocycles. The van der Waals surface area contributed by atoms with Crippen LogP contribution < -0.4 is 0 Å². The van der Waals surface area contributed by atoms with Crippen molar-refractivity contribution in [3.8, 4) is 0 Å². The van der Waals surface area contributed by atoms with Crippen LogP contribution >= 0.6 is 0 Å². The van der Waals surface area contributed by atoms with E-state index in [1.807, 2.05) is 0 Å². The Bertz CT molecular complexity index is 1470. The number of halogens is 1. The van der Waals surface area contributed by atoms with Gasteiger partial charge in [0, 0.05) is 0 Å². The molecule has 21 rings (SSSR count). The number of alkyl halides is 1. The van der Waals surface area contributed by atoms with Gasteiger partial charge in [-0.05, 0) is 0 Å². The highest BCUT2D eigenvalue weighted by molar-refractivity contribution is 5.01. The average molecular weight is 1140 g/mol. The molecule has 21 saturated heterocycles. The number of ether oxygens (including phenoxy) is 14. The lowest BCUT2D eigenvalue weighted by Gasteiger charge is -2.50. The molecule has 35 atom stereocenters. The van der Waals surface area contributed by atoms with Gasteiger partial charge in [-0.3, -0.25) is 0 Å². The van der Waals surface area contributed by atoms with Crippen LogP contribution in [-0.2, 0) is 66.3 Å². The number of rotatable bonds is 7. The van der Waals surface area contributed by atoms with Gasteiger partial charge in [0.2, 0.25) is 0 Å². The van der Waals surface area contributed by atoms with Crippen LogP contribution in [0.5, 0.6) is 0 Å². The molecule has 0 spiro atoms. The maximum atomic E-state index is 14.8. The molecule has 34 nitrogen and oxygen atoms in total. The van der Waals surface area contributed by atoms with E-state index < -0.39 is 261 Å². The van der Waals surface area contributed by atoms with E-state index in [-0.39, 0.29) is 0 Å². The summed E-state index contributed by atoms with van der Waals surface area (Å²) in [6.07, 6.45) is -71.3. The summed E-state index contributed by atoms with van der Waals surface area (Å²) in [6.45, 7) is -7.91. The lowest BCUT2D eigenvalue weighted by Crippen LogP contribution is -2.68. The summed E-state index contributed by atoms with van der Waals surface area (Å²) in [5.74, 6) is 0. The molecule has 1 unspecified atom stereocenters. The van der Waals surface area contributed by atoms with Crippen molar-refractivity contribution in [3.63, 3.8) is 0 Å². The van der Waals surface area contributed by atoms with Crippen LogP contribution in [0.25, 0.3) is 0 Å². The Hall–Kier alpha value is -1.43. The van der Waals surface area contributed by atoms with Crippen molar-refractivity contribution < 1.29 is 173 Å². The maximum Gasteiger partial charge on any atom is 0.187 e. The molecule has 0 aliphatic carbocycles. The molecule has 448 valence electrons. The van der Waals surface area contributed by atoms with Crippen molar-refractivity contribution in [2.24, 2.45) is 0 Å². The third kappa shape index (κ3) is 12.0. The minimum Gasteiger partial charge on any atom is -0.394 e. The molecule has 14 bridgehead atoms. The molecule has 77 heavy (non-hydrogen) atoms. The summed E-state index contributed by atoms with van der Waals surface area (Å²) in [5, 5.41) is 220. The van der Waals surface area contributed by atoms with Crippen molar-refractivity contribution in [2.75, 3.05) is 46.3 Å². The minimum absolute atomic E-state index is 1.05. The summed E-state index contributed by atoms with van der Waals surface area (Å²) in [5.41, 5.74) is 0. The van der Waals surface area contributed by atoms with Gasteiger partial charge in [0.05, 0.1) is 39.6 Å². The molecule has 0 saturated carbocycles. The van der Waals surface area contributed by atoms with Gasteiger partial charge >= 0.3 is 0 Å². The zero-order valence-corrected chi connectivity index (χ0v) is 40.2. The molecule has 0 aromatic rings. The van der Waals surface area contributed by atoms with Crippen molar-refractivity contribution in [1.29, 1.82) is 0 Å². The Labute approximate surface area is 433 Å². The lowest BCUT2D eigenvalue weighted by molar-refractivity contribution is -0.396. The van der Waals surface area contributed by atoms with Crippen molar-refractivity contribution in [1.82, 2.24) is 0 Å². The van der Waals surface area contributed by atoms with E-state index in [1.54, 1.807) is 0 Å². The van der Waals surface area contributed by atoms with Crippen LogP contribution in [-0.4, -0.2) is 363 Å². The Balaban J connectivity index is 1.08. The second-order valence-corrected chi connectivity index (χ2v) is 19.6. The summed E-state index contributed by atoms with van der Waals surface area (Å²) >= 11 is 0. The average Bonchev–Trinajstić information content (AvgIpc) is 3.45. The smallest absolute Gasteiger partial charge is 0.187 e. The van der Waals surface area contributed by atoms with Gasteiger partial charge in [-0.1, -0.05) is 0 Å². The normalized spacial score (nSPS) is 55.4. The summed E-state index contributed by atoms with van der Waals surface area (Å²) in [4.78, 5) is 0. The lowest BCUT2D eigenvalue weighted by atomic mass is 9.95. The molecule has 0 amide bonds. The van der Waals surface area contributed by atoms with E-state index >= 15 is 0 Å². The van der Waals surface area contributed by atoms with E-state index in [9.17, 15) is 107 Å². The fourth-order valence-electron chi connectivity index (χ4n) is 10.4. The van der Waals surface area contributed by atoms with E-state index in [0.29, 0.717) is 0 Å². The van der Waals surface area contributed by atoms with Crippen LogP contribution in [0.1, 0.15) is 0 Å². The first-order valence-electron chi connectivity index (χ1n) is 24.6. The largest absolute Gasteiger partial charge is 0.394 e. The predicted octanol–water partition coefficient (Wildman–Crippen LogP) is -14.3. The third-order valence-corrected chi connectivity index (χ3v) is 14.8. The second kappa shape index (κ2) is 26.0. The monoisotopic (exact) mass is 1140 g/mol. The first-order chi connectivity index (χ1) is 36.7. The van der Waals surface area contributed by atoms with Gasteiger partial charge in [-0.15, -0.1) is 0 Å². The highest BCUT2D eigenvalue weighted by Gasteiger charge is 2.59. The van der Waals surface area contributed by atoms with E-state index in [4.69, 9.17) is 66.3 Å². The van der Waals surface area contributed by atoms with Crippen LogP contribution in [0.2, 0.25) is 0 Å². The van der Waals surface area contributed by atoms with E-state index in [2.05, 4.69) is 0 Å². The zero-order chi connectivity index (χ0) is 56.1. The van der Waals surface area contributed by atoms with Gasteiger partial charge in [-0.25, -0.2) is 4.39 Å². The Morgan fingerprint density at radius 2 is 0.325 bits per heavy atom. The predicted molar refractivity (Wildman–Crippen MR) is 227 cm³/mol. The fourth-order valence-corrected chi connectivity index (χ4v) is 10.4. The Morgan fingerprint density at radius 1 is 0.195 bits per heavy atom. The van der Waals surface area contributed by atoms with Gasteiger partial charge in [0.15, 0.2) is 44.0 Å². The van der Waals surface area contributed by atoms with E-state index in [0.717, 1.165) is 0 Å². The highest BCUT2D eigenvalue weighted by Crippen LogP contribution is 2.39. The summed E-state index contributed by atoms with van der Waals surface area (Å²) in [7, 11) is 0. The number of aliphatic hydroxyl groups excluding tert-OH is 20. The second-order valence-electron chi connectivity index (χ2n) is 19.6. The van der Waals surface area contributed by atoms with Crippen molar-refractivity contribution in [3.05, 3.63) is 0 Å². The maximum absolute atomic E-state index is 14.8. The van der Waals surface area contributed by atoms with Gasteiger partial charge < -0.3 is 168 Å². The van der Waals surface area contributed by atoms with Crippen LogP contribution in [0, 0.1) is 0 Å². The minimum atomic E-state index is -2.26. The van der Waals surface area contributed by atoms with Gasteiger partial charge in [-0.2, -0.15) is 0 Å². The van der Waals surface area contributed by atoms with Crippen LogP contribution in [0.3, 0.4) is 0 Å². The Morgan fingerprint density at radius 3 is 0.455 bits per heavy atom. The molecular weight excluding hydrogens is 1070 g/mol. The highest BCUT2D eigenvalue weighted by atomic mass is 19.1. The topological polar surface area (TPSA) is 534 Å². The molecule has 0 radical (unpaired) electrons. The third-order valence-electron chi connectivity index (χ3n) is 14.8. The standard InChI is InChI=1S/C42H69FO34/c43-1-8-29-15(50)22(57)36(64-8)72-30-9(2-44)66-38(24(59)17(30)52)74-32-11(4-46)68-40(26(61)19(32)54)76-34-13(6-48)70-42(28(63)21(34)56)77-35-14(7-49)69-41(27(62)20(35)55)75-33-12(5-47)67-39(25(60)18(33)53)73-31-10(3-45)65-37(71-29)23(58)16(31)51/h8-42,44-63H,1-7H2/t8-,9-,10-,11-,12-,13-,14-,15-,16-,17-,18-,19-,20-,21-,22+,23-,24-,25-,26-,27-,28-,29-,30-,31-,32-,33-,34-,35-,36-,37-,38-,39-,40?,41-,42-/m0/s1. The molecular formula is C42H69FO34. The molecule has 21 fully saturated rings. The van der Waals surface area contributed by atoms with Crippen molar-refractivity contribution in [2.45, 2.75) is 215 Å². The first-order valence-corrected chi connectivity index (χ1v) is 24.6. The molecule has 21 aliphatic rings. The molecule has 0 aromatic heterocycles. The number of hydrogen-bond donors (Lipinski definition) is 20. The SMILES string of the molecule is OC[C@@H]1OC2O[C@@H]3[C@@H](O)[C@H](O)[C@H](O[C@@H]4[C@@H](O)[C@H](O)[C@H](O[C@@H]5[C@@H](O)[C@H](O)[C@H](O[C@@H]6[C@@H](O)[C@H](O)[C@H](O[C@@H]7[C@@H](O)[C@@H](O)[C@H](O[C@@H]8[C@@H](O)[C@H](O)[C@H](O[C@@H]1[C@@H](O)[C@@H]2O)O[C@H]8CO)O[C@H]7CF)O[C@H]6CO)O[C@H]5CO)O[C@H]4CO)O[C@H]3CO. The molecule has 20 N–H and O–H groups in total. The quantitative estimate of drug-likeness (QED) is 0.113. The van der Waals surface area contributed by atoms with E-state index in [1.165, 1.54) is 0 Å². The summed E-state index contributed by atoms with van der Waals surface area (Å²) in [6, 6.07) is 0. The van der Waals surface area contributed by atoms with Crippen LogP contribution in [0.4, 0.5) is 4.39 Å². The van der Waals surface area contributed by atoms with Gasteiger partial charge in [0.25, 0.3) is 0 Å². The van der Waals surface area contributed by atoms with Crippen LogP contribution in [0.15, 0.2) is 0 Å².